The molecule has 0 saturated heterocycles. The topological polar surface area (TPSA) is 41.1 Å². The summed E-state index contributed by atoms with van der Waals surface area (Å²) in [5.41, 5.74) is 2.23. The molecule has 3 nitrogen and oxygen atoms in total. The van der Waals surface area contributed by atoms with Crippen molar-refractivity contribution in [3.05, 3.63) is 29.8 Å². The highest BCUT2D eigenvalue weighted by molar-refractivity contribution is 5.96. The van der Waals surface area contributed by atoms with Crippen LogP contribution in [0.25, 0.3) is 0 Å². The van der Waals surface area contributed by atoms with Crippen molar-refractivity contribution < 1.29 is 4.79 Å². The molecule has 2 atom stereocenters. The number of hydrogen-bond donors (Lipinski definition) is 2. The molecule has 2 aliphatic rings. The summed E-state index contributed by atoms with van der Waals surface area (Å²) in [4.78, 5) is 12.4. The first kappa shape index (κ1) is 14.6. The largest absolute Gasteiger partial charge is 0.324 e. The molecular formula is C18H26N2O. The first-order valence-corrected chi connectivity index (χ1v) is 8.39. The zero-order chi connectivity index (χ0) is 14.7. The van der Waals surface area contributed by atoms with Crippen LogP contribution in [0.2, 0.25) is 0 Å². The van der Waals surface area contributed by atoms with Crippen LogP contribution in [0.15, 0.2) is 24.3 Å². The third-order valence-electron chi connectivity index (χ3n) is 5.12. The molecule has 0 bridgehead atoms. The van der Waals surface area contributed by atoms with Crippen molar-refractivity contribution in [1.29, 1.82) is 0 Å². The number of amides is 1. The van der Waals surface area contributed by atoms with Gasteiger partial charge in [-0.2, -0.15) is 0 Å². The van der Waals surface area contributed by atoms with E-state index >= 15 is 0 Å². The fraction of sp³-hybridized carbons (Fsp3) is 0.611. The van der Waals surface area contributed by atoms with Crippen LogP contribution in [0, 0.1) is 5.92 Å². The fourth-order valence-electron chi connectivity index (χ4n) is 3.76. The van der Waals surface area contributed by atoms with Gasteiger partial charge in [0.1, 0.15) is 0 Å². The van der Waals surface area contributed by atoms with Crippen LogP contribution in [0.1, 0.15) is 51.0 Å². The highest BCUT2D eigenvalue weighted by atomic mass is 16.2. The number of aryl methyl sites for hydroxylation is 1. The van der Waals surface area contributed by atoms with Gasteiger partial charge in [-0.3, -0.25) is 4.79 Å². The molecule has 1 saturated carbocycles. The van der Waals surface area contributed by atoms with Gasteiger partial charge in [-0.05, 0) is 50.2 Å². The van der Waals surface area contributed by atoms with E-state index in [1.807, 2.05) is 18.2 Å². The number of benzene rings is 1. The van der Waals surface area contributed by atoms with Crippen molar-refractivity contribution in [2.45, 2.75) is 64.0 Å². The summed E-state index contributed by atoms with van der Waals surface area (Å²) in [5.74, 6) is 0.861. The summed E-state index contributed by atoms with van der Waals surface area (Å²) in [5, 5.41) is 6.68. The number of hydrogen-bond acceptors (Lipinski definition) is 2. The van der Waals surface area contributed by atoms with Gasteiger partial charge in [-0.25, -0.2) is 0 Å². The fourth-order valence-corrected chi connectivity index (χ4v) is 3.76. The summed E-state index contributed by atoms with van der Waals surface area (Å²) < 4.78 is 0. The third-order valence-corrected chi connectivity index (χ3v) is 5.12. The Hall–Kier alpha value is -1.35. The van der Waals surface area contributed by atoms with E-state index in [1.54, 1.807) is 0 Å². The van der Waals surface area contributed by atoms with Crippen molar-refractivity contribution in [3.8, 4) is 0 Å². The Balaban J connectivity index is 1.62. The molecule has 1 aromatic carbocycles. The lowest BCUT2D eigenvalue weighted by Gasteiger charge is -2.31. The van der Waals surface area contributed by atoms with E-state index in [1.165, 1.54) is 37.7 Å². The molecule has 2 N–H and O–H groups in total. The van der Waals surface area contributed by atoms with Crippen LogP contribution >= 0.6 is 0 Å². The second-order valence-corrected chi connectivity index (χ2v) is 6.59. The van der Waals surface area contributed by atoms with Gasteiger partial charge in [0, 0.05) is 11.7 Å². The summed E-state index contributed by atoms with van der Waals surface area (Å²) in [6.07, 6.45) is 8.54. The number of para-hydroxylation sites is 1. The smallest absolute Gasteiger partial charge is 0.241 e. The van der Waals surface area contributed by atoms with Crippen LogP contribution in [0.3, 0.4) is 0 Å². The van der Waals surface area contributed by atoms with Crippen LogP contribution in [0.4, 0.5) is 5.69 Å². The minimum Gasteiger partial charge on any atom is -0.324 e. The van der Waals surface area contributed by atoms with Crippen molar-refractivity contribution in [3.63, 3.8) is 0 Å². The van der Waals surface area contributed by atoms with E-state index in [-0.39, 0.29) is 11.9 Å². The average molecular weight is 286 g/mol. The molecule has 3 rings (SSSR count). The van der Waals surface area contributed by atoms with Crippen LogP contribution in [0.5, 0.6) is 0 Å². The van der Waals surface area contributed by atoms with Gasteiger partial charge < -0.3 is 10.6 Å². The maximum Gasteiger partial charge on any atom is 0.241 e. The second-order valence-electron chi connectivity index (χ2n) is 6.59. The number of carbonyl (C=O) groups is 1. The van der Waals surface area contributed by atoms with Gasteiger partial charge in [-0.1, -0.05) is 37.5 Å². The maximum atomic E-state index is 12.4. The van der Waals surface area contributed by atoms with Crippen LogP contribution in [-0.4, -0.2) is 18.0 Å². The lowest BCUT2D eigenvalue weighted by molar-refractivity contribution is -0.118. The van der Waals surface area contributed by atoms with Crippen LogP contribution in [-0.2, 0) is 11.2 Å². The number of nitrogens with one attached hydrogen (secondary N) is 2. The highest BCUT2D eigenvalue weighted by Crippen LogP contribution is 2.27. The number of fused-ring (bicyclic) bond motifs is 1. The van der Waals surface area contributed by atoms with E-state index in [2.05, 4.69) is 23.6 Å². The quantitative estimate of drug-likeness (QED) is 0.893. The molecule has 1 amide bonds. The van der Waals surface area contributed by atoms with Crippen molar-refractivity contribution >= 4 is 11.6 Å². The normalized spacial score (nSPS) is 24.8. The predicted octanol–water partition coefficient (Wildman–Crippen LogP) is 3.50. The monoisotopic (exact) mass is 286 g/mol. The summed E-state index contributed by atoms with van der Waals surface area (Å²) >= 11 is 0. The van der Waals surface area contributed by atoms with Gasteiger partial charge in [-0.15, -0.1) is 0 Å². The molecule has 21 heavy (non-hydrogen) atoms. The van der Waals surface area contributed by atoms with Crippen LogP contribution < -0.4 is 10.6 Å². The molecule has 0 aromatic heterocycles. The van der Waals surface area contributed by atoms with E-state index in [0.29, 0.717) is 6.04 Å². The minimum atomic E-state index is -0.0608. The van der Waals surface area contributed by atoms with Gasteiger partial charge in [0.2, 0.25) is 5.91 Å². The van der Waals surface area contributed by atoms with E-state index < -0.39 is 0 Å². The number of carbonyl (C=O) groups excluding carboxylic acids is 1. The molecule has 1 aromatic rings. The Morgan fingerprint density at radius 2 is 1.90 bits per heavy atom. The zero-order valence-electron chi connectivity index (χ0n) is 12.9. The minimum absolute atomic E-state index is 0.0608. The molecule has 114 valence electrons. The van der Waals surface area contributed by atoms with Crippen molar-refractivity contribution in [2.24, 2.45) is 5.92 Å². The molecular weight excluding hydrogens is 260 g/mol. The first-order valence-electron chi connectivity index (χ1n) is 8.39. The average Bonchev–Trinajstić information content (AvgIpc) is 2.67. The molecule has 1 heterocycles. The van der Waals surface area contributed by atoms with Gasteiger partial charge >= 0.3 is 0 Å². The maximum absolute atomic E-state index is 12.4. The Labute approximate surface area is 127 Å². The highest BCUT2D eigenvalue weighted by Gasteiger charge is 2.27. The van der Waals surface area contributed by atoms with E-state index in [0.717, 1.165) is 24.4 Å². The van der Waals surface area contributed by atoms with Crippen molar-refractivity contribution in [2.75, 3.05) is 5.32 Å². The zero-order valence-corrected chi connectivity index (χ0v) is 12.9. The molecule has 1 unspecified atom stereocenters. The molecule has 1 aliphatic carbocycles. The van der Waals surface area contributed by atoms with Gasteiger partial charge in [0.05, 0.1) is 6.04 Å². The summed E-state index contributed by atoms with van der Waals surface area (Å²) in [6, 6.07) is 8.51. The Kier molecular flexibility index (Phi) is 4.59. The lowest BCUT2D eigenvalue weighted by Crippen LogP contribution is -2.47. The summed E-state index contributed by atoms with van der Waals surface area (Å²) in [6.45, 7) is 2.25. The number of anilines is 1. The Bertz CT molecular complexity index is 494. The predicted molar refractivity (Wildman–Crippen MR) is 86.4 cm³/mol. The Morgan fingerprint density at radius 1 is 1.14 bits per heavy atom. The standard InChI is InChI=1S/C18H26N2O/c1-13(14-7-3-2-4-8-14)19-17-12-11-15-9-5-6-10-16(15)20-18(17)21/h5-6,9-10,13-14,17,19H,2-4,7-8,11-12H2,1H3,(H,20,21)/t13-,17?/m1/s1. The first-order chi connectivity index (χ1) is 10.2. The molecule has 1 aliphatic heterocycles. The van der Waals surface area contributed by atoms with E-state index in [4.69, 9.17) is 0 Å². The van der Waals surface area contributed by atoms with E-state index in [9.17, 15) is 4.79 Å². The molecule has 3 heteroatoms. The SMILES string of the molecule is C[C@@H](NC1CCc2ccccc2NC1=O)C1CCCCC1. The van der Waals surface area contributed by atoms with Gasteiger partial charge in [0.15, 0.2) is 0 Å². The van der Waals surface area contributed by atoms with Gasteiger partial charge in [0.25, 0.3) is 0 Å². The summed E-state index contributed by atoms with van der Waals surface area (Å²) in [7, 11) is 0. The molecule has 0 radical (unpaired) electrons. The molecule has 1 fully saturated rings. The Morgan fingerprint density at radius 3 is 2.71 bits per heavy atom. The second kappa shape index (κ2) is 6.61. The third kappa shape index (κ3) is 3.46. The molecule has 0 spiro atoms. The number of rotatable bonds is 3. The van der Waals surface area contributed by atoms with Crippen molar-refractivity contribution in [1.82, 2.24) is 5.32 Å². The lowest BCUT2D eigenvalue weighted by atomic mass is 9.84.